The summed E-state index contributed by atoms with van der Waals surface area (Å²) in [4.78, 5) is 14.3. The second-order valence-corrected chi connectivity index (χ2v) is 7.14. The summed E-state index contributed by atoms with van der Waals surface area (Å²) in [5.74, 6) is -0.296. The summed E-state index contributed by atoms with van der Waals surface area (Å²) in [5.41, 5.74) is -0.197. The van der Waals surface area contributed by atoms with E-state index in [0.29, 0.717) is 19.0 Å². The van der Waals surface area contributed by atoms with Crippen LogP contribution in [0, 0.1) is 17.2 Å². The predicted octanol–water partition coefficient (Wildman–Crippen LogP) is 3.49. The highest BCUT2D eigenvalue weighted by atomic mass is 35.5. The normalized spacial score (nSPS) is 25.3. The topological polar surface area (TPSA) is 40.5 Å². The first kappa shape index (κ1) is 15.8. The zero-order valence-corrected chi connectivity index (χ0v) is 13.3. The quantitative estimate of drug-likeness (QED) is 0.920. The van der Waals surface area contributed by atoms with Crippen LogP contribution < -0.4 is 0 Å². The minimum atomic E-state index is -0.656. The molecule has 1 saturated heterocycles. The van der Waals surface area contributed by atoms with E-state index in [0.717, 1.165) is 19.3 Å². The van der Waals surface area contributed by atoms with E-state index in [1.165, 1.54) is 25.0 Å². The fraction of sp³-hybridized carbons (Fsp3) is 0.588. The summed E-state index contributed by atoms with van der Waals surface area (Å²) in [6.07, 6.45) is 5.19. The van der Waals surface area contributed by atoms with Crippen molar-refractivity contribution < 1.29 is 14.3 Å². The van der Waals surface area contributed by atoms with Gasteiger partial charge in [0.1, 0.15) is 0 Å². The first-order valence-electron chi connectivity index (χ1n) is 7.89. The largest absolute Gasteiger partial charge is 0.396 e. The number of benzene rings is 1. The van der Waals surface area contributed by atoms with Crippen molar-refractivity contribution in [1.29, 1.82) is 0 Å². The van der Waals surface area contributed by atoms with Crippen LogP contribution in [0.4, 0.5) is 4.39 Å². The van der Waals surface area contributed by atoms with Crippen molar-refractivity contribution in [1.82, 2.24) is 4.90 Å². The smallest absolute Gasteiger partial charge is 0.256 e. The Labute approximate surface area is 135 Å². The van der Waals surface area contributed by atoms with Gasteiger partial charge in [0.2, 0.25) is 0 Å². The summed E-state index contributed by atoms with van der Waals surface area (Å²) in [6.45, 7) is 1.20. The number of halogens is 2. The van der Waals surface area contributed by atoms with E-state index < -0.39 is 5.82 Å². The Morgan fingerprint density at radius 1 is 1.45 bits per heavy atom. The third-order valence-electron chi connectivity index (χ3n) is 4.88. The van der Waals surface area contributed by atoms with Gasteiger partial charge in [-0.3, -0.25) is 4.79 Å². The van der Waals surface area contributed by atoms with Gasteiger partial charge < -0.3 is 10.0 Å². The number of nitrogens with zero attached hydrogens (tertiary/aromatic N) is 1. The molecule has 1 amide bonds. The zero-order chi connectivity index (χ0) is 15.7. The van der Waals surface area contributed by atoms with Gasteiger partial charge >= 0.3 is 0 Å². The lowest BCUT2D eigenvalue weighted by atomic mass is 9.76. The molecule has 0 spiro atoms. The molecule has 1 saturated carbocycles. The molecular weight excluding hydrogens is 305 g/mol. The van der Waals surface area contributed by atoms with Crippen molar-refractivity contribution >= 4 is 17.5 Å². The molecule has 5 heteroatoms. The first-order chi connectivity index (χ1) is 10.5. The van der Waals surface area contributed by atoms with Crippen molar-refractivity contribution in [3.63, 3.8) is 0 Å². The molecule has 120 valence electrons. The zero-order valence-electron chi connectivity index (χ0n) is 12.5. The minimum Gasteiger partial charge on any atom is -0.396 e. The van der Waals surface area contributed by atoms with Gasteiger partial charge in [-0.15, -0.1) is 0 Å². The van der Waals surface area contributed by atoms with E-state index in [1.807, 2.05) is 0 Å². The maximum Gasteiger partial charge on any atom is 0.256 e. The predicted molar refractivity (Wildman–Crippen MR) is 83.4 cm³/mol. The number of aliphatic hydroxyl groups excluding tert-OH is 1. The number of likely N-dealkylation sites (tertiary alicyclic amines) is 1. The van der Waals surface area contributed by atoms with Crippen LogP contribution in [0.15, 0.2) is 18.2 Å². The molecule has 22 heavy (non-hydrogen) atoms. The molecule has 0 radical (unpaired) electrons. The maximum atomic E-state index is 14.1. The van der Waals surface area contributed by atoms with Crippen LogP contribution in [-0.2, 0) is 0 Å². The highest BCUT2D eigenvalue weighted by Gasteiger charge is 2.41. The number of carbonyl (C=O) groups is 1. The lowest BCUT2D eigenvalue weighted by Gasteiger charge is -2.42. The molecule has 0 bridgehead atoms. The number of carbonyl (C=O) groups excluding carboxylic acids is 1. The lowest BCUT2D eigenvalue weighted by molar-refractivity contribution is 0.0194. The van der Waals surface area contributed by atoms with Crippen LogP contribution in [0.5, 0.6) is 0 Å². The Balaban J connectivity index is 1.78. The number of rotatable bonds is 4. The number of hydrogen-bond acceptors (Lipinski definition) is 2. The highest BCUT2D eigenvalue weighted by Crippen LogP contribution is 2.44. The summed E-state index contributed by atoms with van der Waals surface area (Å²) >= 11 is 5.77. The van der Waals surface area contributed by atoms with Crippen molar-refractivity contribution in [3.05, 3.63) is 34.6 Å². The molecule has 2 fully saturated rings. The fourth-order valence-corrected chi connectivity index (χ4v) is 3.69. The van der Waals surface area contributed by atoms with Crippen LogP contribution in [-0.4, -0.2) is 35.6 Å². The highest BCUT2D eigenvalue weighted by molar-refractivity contribution is 6.31. The van der Waals surface area contributed by atoms with Crippen LogP contribution >= 0.6 is 11.6 Å². The van der Waals surface area contributed by atoms with Gasteiger partial charge in [0.25, 0.3) is 5.91 Å². The summed E-state index contributed by atoms with van der Waals surface area (Å²) < 4.78 is 14.1. The average Bonchev–Trinajstić information content (AvgIpc) is 3.33. The van der Waals surface area contributed by atoms with E-state index in [-0.39, 0.29) is 28.5 Å². The molecule has 0 aromatic heterocycles. The number of aliphatic hydroxyl groups is 1. The third kappa shape index (κ3) is 3.13. The molecule has 3 nitrogen and oxygen atoms in total. The third-order valence-corrected chi connectivity index (χ3v) is 5.18. The first-order valence-corrected chi connectivity index (χ1v) is 8.27. The van der Waals surface area contributed by atoms with Gasteiger partial charge in [-0.1, -0.05) is 30.5 Å². The Hall–Kier alpha value is -1.13. The Kier molecular flexibility index (Phi) is 4.42. The van der Waals surface area contributed by atoms with Crippen molar-refractivity contribution in [2.45, 2.75) is 32.1 Å². The lowest BCUT2D eigenvalue weighted by Crippen LogP contribution is -2.48. The van der Waals surface area contributed by atoms with E-state index in [1.54, 1.807) is 11.0 Å². The number of amides is 1. The molecule has 3 rings (SSSR count). The Morgan fingerprint density at radius 2 is 2.23 bits per heavy atom. The van der Waals surface area contributed by atoms with Crippen molar-refractivity contribution in [2.75, 3.05) is 19.7 Å². The molecule has 1 aromatic carbocycles. The number of piperidine rings is 1. The summed E-state index contributed by atoms with van der Waals surface area (Å²) in [5, 5.41) is 9.82. The van der Waals surface area contributed by atoms with Gasteiger partial charge in [-0.25, -0.2) is 4.39 Å². The van der Waals surface area contributed by atoms with E-state index >= 15 is 0 Å². The van der Waals surface area contributed by atoms with Crippen LogP contribution in [0.2, 0.25) is 5.02 Å². The summed E-state index contributed by atoms with van der Waals surface area (Å²) in [7, 11) is 0. The fourth-order valence-electron chi connectivity index (χ4n) is 3.52. The summed E-state index contributed by atoms with van der Waals surface area (Å²) in [6, 6.07) is 4.50. The molecule has 1 aromatic rings. The molecule has 1 heterocycles. The molecular formula is C17H21ClFNO2. The maximum absolute atomic E-state index is 14.1. The van der Waals surface area contributed by atoms with Crippen molar-refractivity contribution in [3.8, 4) is 0 Å². The SMILES string of the molecule is O=C(c1cccc(Cl)c1F)N1CCC[C@@](CO)(CC2CC2)C1. The van der Waals surface area contributed by atoms with E-state index in [9.17, 15) is 14.3 Å². The second-order valence-electron chi connectivity index (χ2n) is 6.74. The van der Waals surface area contributed by atoms with Gasteiger partial charge in [-0.05, 0) is 37.3 Å². The Bertz CT molecular complexity index is 576. The average molecular weight is 326 g/mol. The molecule has 2 aliphatic rings. The van der Waals surface area contributed by atoms with Crippen LogP contribution in [0.1, 0.15) is 42.5 Å². The molecule has 1 N–H and O–H groups in total. The van der Waals surface area contributed by atoms with Gasteiger partial charge in [0.05, 0.1) is 17.2 Å². The van der Waals surface area contributed by atoms with Gasteiger partial charge in [0.15, 0.2) is 5.82 Å². The van der Waals surface area contributed by atoms with Crippen LogP contribution in [0.25, 0.3) is 0 Å². The monoisotopic (exact) mass is 325 g/mol. The van der Waals surface area contributed by atoms with Crippen molar-refractivity contribution in [2.24, 2.45) is 11.3 Å². The minimum absolute atomic E-state index is 0.0210. The van der Waals surface area contributed by atoms with Gasteiger partial charge in [-0.2, -0.15) is 0 Å². The van der Waals surface area contributed by atoms with Crippen LogP contribution in [0.3, 0.4) is 0 Å². The van der Waals surface area contributed by atoms with Gasteiger partial charge in [0, 0.05) is 18.5 Å². The molecule has 0 unspecified atom stereocenters. The number of hydrogen-bond donors (Lipinski definition) is 1. The Morgan fingerprint density at radius 3 is 2.91 bits per heavy atom. The molecule has 1 aliphatic heterocycles. The van der Waals surface area contributed by atoms with E-state index in [2.05, 4.69) is 0 Å². The molecule has 1 aliphatic carbocycles. The van der Waals surface area contributed by atoms with E-state index in [4.69, 9.17) is 11.6 Å². The standard InChI is InChI=1S/C17H21ClFNO2/c18-14-4-1-3-13(15(14)19)16(22)20-8-2-7-17(10-20,11-21)9-12-5-6-12/h1,3-4,12,21H,2,5-11H2/t17-/m1/s1. The second kappa shape index (κ2) is 6.17. The molecule has 1 atom stereocenters.